The van der Waals surface area contributed by atoms with Crippen LogP contribution in [0.4, 0.5) is 34.1 Å². The monoisotopic (exact) mass is 779 g/mol. The van der Waals surface area contributed by atoms with Crippen molar-refractivity contribution < 1.29 is 19.8 Å². The minimum Gasteiger partial charge on any atom is -0.464 e. The van der Waals surface area contributed by atoms with Gasteiger partial charge in [-0.3, -0.25) is 0 Å². The van der Waals surface area contributed by atoms with E-state index in [1.54, 1.807) is 6.26 Å². The van der Waals surface area contributed by atoms with Crippen LogP contribution in [0.15, 0.2) is 124 Å². The van der Waals surface area contributed by atoms with Crippen LogP contribution >= 0.6 is 0 Å². The maximum atomic E-state index is 9.64. The minimum atomic E-state index is -0.738. The van der Waals surface area contributed by atoms with Gasteiger partial charge >= 0.3 is 0 Å². The summed E-state index contributed by atoms with van der Waals surface area (Å²) in [5, 5.41) is 0.879. The fraction of sp³-hybridized carbons (Fsp3) is 0.370. The molecule has 0 fully saturated rings. The molecule has 300 valence electrons. The van der Waals surface area contributed by atoms with Crippen LogP contribution in [0.3, 0.4) is 0 Å². The van der Waals surface area contributed by atoms with Crippen LogP contribution in [0.2, 0.25) is 0 Å². The molecule has 0 bridgehead atoms. The summed E-state index contributed by atoms with van der Waals surface area (Å²) in [6.07, 6.45) is 3.41. The molecule has 8 rings (SSSR count). The summed E-state index contributed by atoms with van der Waals surface area (Å²) in [6.45, 7) is 27.6. The molecule has 0 radical (unpaired) electrons. The summed E-state index contributed by atoms with van der Waals surface area (Å²) in [5.41, 5.74) is 6.73. The summed E-state index contributed by atoms with van der Waals surface area (Å²) in [5.74, 6) is 0. The highest BCUT2D eigenvalue weighted by Crippen LogP contribution is 2.51. The molecule has 1 aliphatic carbocycles. The molecule has 0 atom stereocenters. The fourth-order valence-corrected chi connectivity index (χ4v) is 8.10. The molecule has 0 N–H and O–H groups in total. The summed E-state index contributed by atoms with van der Waals surface area (Å²) in [6, 6.07) is 18.5. The van der Waals surface area contributed by atoms with Gasteiger partial charge in [-0.15, -0.1) is 0 Å². The first-order chi connectivity index (χ1) is 30.4. The molecule has 0 saturated carbocycles. The Morgan fingerprint density at radius 1 is 0.517 bits per heavy atom. The third kappa shape index (κ3) is 7.25. The lowest BCUT2D eigenvalue weighted by Gasteiger charge is -2.41. The lowest BCUT2D eigenvalue weighted by molar-refractivity contribution is 0.332. The third-order valence-corrected chi connectivity index (χ3v) is 12.0. The largest absolute Gasteiger partial charge is 0.464 e. The van der Waals surface area contributed by atoms with Crippen molar-refractivity contribution in [1.82, 2.24) is 0 Å². The zero-order valence-corrected chi connectivity index (χ0v) is 36.5. The maximum absolute atomic E-state index is 9.64. The van der Waals surface area contributed by atoms with Gasteiger partial charge in [-0.25, -0.2) is 0 Å². The van der Waals surface area contributed by atoms with E-state index in [1.807, 2.05) is 32.9 Å². The number of rotatable bonds is 6. The maximum Gasteiger partial charge on any atom is 0.136 e. The van der Waals surface area contributed by atoms with Crippen LogP contribution in [0.5, 0.6) is 0 Å². The smallest absolute Gasteiger partial charge is 0.136 e. The van der Waals surface area contributed by atoms with E-state index in [2.05, 4.69) is 117 Å². The summed E-state index contributed by atoms with van der Waals surface area (Å²) in [7, 11) is 0. The Balaban J connectivity index is 1.50. The van der Waals surface area contributed by atoms with Crippen molar-refractivity contribution in [3.63, 3.8) is 0 Å². The molecule has 4 heteroatoms. The molecule has 2 aromatic heterocycles. The summed E-state index contributed by atoms with van der Waals surface area (Å²) < 4.78 is 85.8. The normalized spacial score (nSPS) is 17.4. The first-order valence-electron chi connectivity index (χ1n) is 24.5. The molecule has 0 amide bonds. The van der Waals surface area contributed by atoms with Gasteiger partial charge < -0.3 is 18.6 Å². The standard InChI is InChI=1S/C54H62N2O2/c1-50(2,3)36-14-18-39(19-15-36)55(41-22-23-48-35(28-41)24-27-57-48)42-29-38(52(7,8)9)30-43(31-42)56(40-20-16-37(17-21-40)51(4,5)6)47-34-58-49-33-46-45(32-44(47)49)53(10,11)25-26-54(46,12)13/h14-24,27-34H,25-26H2,1-13H3/i14D,15D,18D,19D,23D,24D,27D,28D. The molecule has 1 aliphatic rings. The van der Waals surface area contributed by atoms with E-state index < -0.39 is 17.1 Å². The Morgan fingerprint density at radius 2 is 1.10 bits per heavy atom. The number of anilines is 6. The highest BCUT2D eigenvalue weighted by atomic mass is 16.3. The average molecular weight is 779 g/mol. The van der Waals surface area contributed by atoms with Crippen LogP contribution in [-0.4, -0.2) is 0 Å². The van der Waals surface area contributed by atoms with Crippen LogP contribution in [0.25, 0.3) is 21.9 Å². The molecule has 0 aliphatic heterocycles. The molecule has 0 unspecified atom stereocenters. The van der Waals surface area contributed by atoms with E-state index in [0.29, 0.717) is 11.4 Å². The summed E-state index contributed by atoms with van der Waals surface area (Å²) >= 11 is 0. The van der Waals surface area contributed by atoms with E-state index in [9.17, 15) is 6.85 Å². The average Bonchev–Trinajstić information content (AvgIpc) is 3.77. The van der Waals surface area contributed by atoms with Crippen LogP contribution in [0, 0.1) is 0 Å². The summed E-state index contributed by atoms with van der Waals surface area (Å²) in [4.78, 5) is 3.68. The Morgan fingerprint density at radius 3 is 1.71 bits per heavy atom. The highest BCUT2D eigenvalue weighted by Gasteiger charge is 2.38. The molecule has 0 saturated heterocycles. The topological polar surface area (TPSA) is 32.8 Å². The Labute approximate surface area is 358 Å². The molecule has 58 heavy (non-hydrogen) atoms. The van der Waals surface area contributed by atoms with Crippen molar-refractivity contribution in [2.45, 2.75) is 130 Å². The lowest BCUT2D eigenvalue weighted by atomic mass is 9.63. The van der Waals surface area contributed by atoms with E-state index >= 15 is 0 Å². The van der Waals surface area contributed by atoms with Gasteiger partial charge in [0.05, 0.1) is 21.5 Å². The van der Waals surface area contributed by atoms with Crippen molar-refractivity contribution in [2.75, 3.05) is 9.80 Å². The number of fused-ring (bicyclic) bond motifs is 3. The van der Waals surface area contributed by atoms with Gasteiger partial charge in [0, 0.05) is 39.2 Å². The Bertz CT molecular complexity index is 3060. The first-order valence-corrected chi connectivity index (χ1v) is 20.5. The molecule has 0 spiro atoms. The van der Waals surface area contributed by atoms with Gasteiger partial charge in [-0.1, -0.05) is 114 Å². The quantitative estimate of drug-likeness (QED) is 0.168. The van der Waals surface area contributed by atoms with Crippen molar-refractivity contribution in [3.05, 3.63) is 143 Å². The van der Waals surface area contributed by atoms with Crippen LogP contribution < -0.4 is 9.80 Å². The fourth-order valence-electron chi connectivity index (χ4n) is 8.10. The van der Waals surface area contributed by atoms with Crippen molar-refractivity contribution in [3.8, 4) is 0 Å². The highest BCUT2D eigenvalue weighted by molar-refractivity contribution is 5.98. The molecule has 7 aromatic rings. The van der Waals surface area contributed by atoms with Gasteiger partial charge in [0.1, 0.15) is 18.8 Å². The molecular weight excluding hydrogens is 709 g/mol. The second-order valence-electron chi connectivity index (χ2n) is 20.5. The van der Waals surface area contributed by atoms with E-state index in [-0.39, 0.29) is 86.4 Å². The van der Waals surface area contributed by atoms with Gasteiger partial charge in [0.15, 0.2) is 0 Å². The number of hydrogen-bond donors (Lipinski definition) is 0. The van der Waals surface area contributed by atoms with Crippen LogP contribution in [-0.2, 0) is 27.1 Å². The molecule has 4 nitrogen and oxygen atoms in total. The minimum absolute atomic E-state index is 0.0365. The Kier molecular flexibility index (Phi) is 7.27. The second kappa shape index (κ2) is 13.7. The number of benzene rings is 5. The SMILES string of the molecule is [2H]c1oc2c([2H])cc(N(c3cc(N(c4ccc(C(C)(C)C)cc4)c4coc5cc6c(cc45)C(C)(C)CCC6(C)C)cc(C(C)(C)C)c3)c3c([2H])c([2H])c(C(C)(C)C)c([2H])c3[2H])c([2H])c2c1[2H]. The second-order valence-corrected chi connectivity index (χ2v) is 20.5. The van der Waals surface area contributed by atoms with E-state index in [1.165, 1.54) is 22.1 Å². The molecule has 2 heterocycles. The van der Waals surface area contributed by atoms with Gasteiger partial charge in [-0.05, 0) is 146 Å². The molecular formula is C54H62N2O2. The van der Waals surface area contributed by atoms with Gasteiger partial charge in [0.25, 0.3) is 0 Å². The van der Waals surface area contributed by atoms with Crippen molar-refractivity contribution >= 4 is 56.1 Å². The lowest BCUT2D eigenvalue weighted by Crippen LogP contribution is -2.33. The first kappa shape index (κ1) is 30.8. The van der Waals surface area contributed by atoms with Gasteiger partial charge in [-0.2, -0.15) is 0 Å². The number of hydrogen-bond acceptors (Lipinski definition) is 4. The number of furan rings is 2. The molecule has 5 aromatic carbocycles. The predicted octanol–water partition coefficient (Wildman–Crippen LogP) is 16.4. The third-order valence-electron chi connectivity index (χ3n) is 12.0. The number of nitrogens with zero attached hydrogens (tertiary/aromatic N) is 2. The zero-order chi connectivity index (χ0) is 48.5. The van der Waals surface area contributed by atoms with E-state index in [0.717, 1.165) is 46.3 Å². The van der Waals surface area contributed by atoms with Crippen LogP contribution in [0.1, 0.15) is 142 Å². The van der Waals surface area contributed by atoms with Crippen molar-refractivity contribution in [1.29, 1.82) is 0 Å². The van der Waals surface area contributed by atoms with Crippen molar-refractivity contribution in [2.24, 2.45) is 0 Å². The predicted molar refractivity (Wildman–Crippen MR) is 247 cm³/mol. The van der Waals surface area contributed by atoms with Gasteiger partial charge in [0.2, 0.25) is 0 Å². The van der Waals surface area contributed by atoms with E-state index in [4.69, 9.17) is 12.9 Å². The zero-order valence-electron chi connectivity index (χ0n) is 44.5. The Hall–Kier alpha value is -5.22.